The molecule has 0 aliphatic carbocycles. The van der Waals surface area contributed by atoms with Crippen LogP contribution in [0.3, 0.4) is 0 Å². The number of nitrogens with one attached hydrogen (secondary N) is 1. The lowest BCUT2D eigenvalue weighted by Crippen LogP contribution is -2.23. The molecule has 0 aromatic heterocycles. The van der Waals surface area contributed by atoms with Gasteiger partial charge in [-0.25, -0.2) is 0 Å². The maximum absolute atomic E-state index is 11.0. The van der Waals surface area contributed by atoms with Gasteiger partial charge in [0.05, 0.1) is 5.25 Å². The van der Waals surface area contributed by atoms with E-state index in [4.69, 9.17) is 0 Å². The minimum absolute atomic E-state index is 0.109. The van der Waals surface area contributed by atoms with Gasteiger partial charge in [0, 0.05) is 18.6 Å². The van der Waals surface area contributed by atoms with Gasteiger partial charge in [-0.2, -0.15) is 0 Å². The number of ketones is 1. The van der Waals surface area contributed by atoms with Gasteiger partial charge in [-0.1, -0.05) is 0 Å². The van der Waals surface area contributed by atoms with Crippen molar-refractivity contribution in [2.24, 2.45) is 0 Å². The van der Waals surface area contributed by atoms with Crippen molar-refractivity contribution in [1.29, 1.82) is 0 Å². The molecule has 1 saturated heterocycles. The van der Waals surface area contributed by atoms with Gasteiger partial charge in [0.1, 0.15) is 5.78 Å². The summed E-state index contributed by atoms with van der Waals surface area (Å²) < 4.78 is 0. The SMILES string of the molecule is CC(=O)CCSC1CC(=O)NC1=O. The van der Waals surface area contributed by atoms with Crippen LogP contribution in [0.5, 0.6) is 0 Å². The Kier molecular flexibility index (Phi) is 3.48. The molecule has 1 heterocycles. The zero-order valence-electron chi connectivity index (χ0n) is 7.33. The Hall–Kier alpha value is -0.840. The molecule has 72 valence electrons. The minimum Gasteiger partial charge on any atom is -0.300 e. The number of hydrogen-bond donors (Lipinski definition) is 1. The van der Waals surface area contributed by atoms with Crippen molar-refractivity contribution < 1.29 is 14.4 Å². The molecule has 13 heavy (non-hydrogen) atoms. The maximum Gasteiger partial charge on any atom is 0.240 e. The lowest BCUT2D eigenvalue weighted by atomic mass is 10.3. The molecule has 0 saturated carbocycles. The molecule has 1 aliphatic rings. The first-order valence-electron chi connectivity index (χ1n) is 4.04. The van der Waals surface area contributed by atoms with Crippen molar-refractivity contribution in [2.75, 3.05) is 5.75 Å². The summed E-state index contributed by atoms with van der Waals surface area (Å²) in [6, 6.07) is 0. The normalized spacial score (nSPS) is 21.8. The average molecular weight is 201 g/mol. The molecule has 1 unspecified atom stereocenters. The van der Waals surface area contributed by atoms with E-state index < -0.39 is 0 Å². The third-order valence-electron chi connectivity index (χ3n) is 1.70. The predicted octanol–water partition coefficient (Wildman–Crippen LogP) is 0.114. The third-order valence-corrected chi connectivity index (χ3v) is 2.92. The largest absolute Gasteiger partial charge is 0.300 e. The zero-order valence-corrected chi connectivity index (χ0v) is 8.15. The van der Waals surface area contributed by atoms with Crippen LogP contribution < -0.4 is 5.32 Å². The Morgan fingerprint density at radius 3 is 2.77 bits per heavy atom. The summed E-state index contributed by atoms with van der Waals surface area (Å²) in [5, 5.41) is 1.94. The molecule has 5 heteroatoms. The van der Waals surface area contributed by atoms with Crippen LogP contribution in [0.25, 0.3) is 0 Å². The average Bonchev–Trinajstić information content (AvgIpc) is 2.29. The highest BCUT2D eigenvalue weighted by molar-refractivity contribution is 8.00. The van der Waals surface area contributed by atoms with Crippen LogP contribution >= 0.6 is 11.8 Å². The molecule has 2 amide bonds. The summed E-state index contributed by atoms with van der Waals surface area (Å²) in [5.41, 5.74) is 0. The maximum atomic E-state index is 11.0. The number of carbonyl (C=O) groups excluding carboxylic acids is 3. The molecule has 0 bridgehead atoms. The van der Waals surface area contributed by atoms with Crippen molar-refractivity contribution >= 4 is 29.4 Å². The smallest absolute Gasteiger partial charge is 0.240 e. The number of amides is 2. The number of thioether (sulfide) groups is 1. The van der Waals surface area contributed by atoms with Gasteiger partial charge in [-0.3, -0.25) is 19.7 Å². The number of carbonyl (C=O) groups is 3. The summed E-state index contributed by atoms with van der Waals surface area (Å²) in [4.78, 5) is 32.4. The first kappa shape index (κ1) is 10.2. The molecule has 0 aromatic rings. The van der Waals surface area contributed by atoms with Gasteiger partial charge in [-0.15, -0.1) is 11.8 Å². The number of rotatable bonds is 4. The highest BCUT2D eigenvalue weighted by atomic mass is 32.2. The fourth-order valence-corrected chi connectivity index (χ4v) is 2.18. The van der Waals surface area contributed by atoms with E-state index in [0.29, 0.717) is 12.2 Å². The summed E-state index contributed by atoms with van der Waals surface area (Å²) in [6.07, 6.45) is 0.712. The predicted molar refractivity (Wildman–Crippen MR) is 49.3 cm³/mol. The molecular weight excluding hydrogens is 190 g/mol. The Morgan fingerprint density at radius 2 is 2.31 bits per heavy atom. The zero-order chi connectivity index (χ0) is 9.84. The Balaban J connectivity index is 2.26. The Bertz CT molecular complexity index is 252. The molecule has 4 nitrogen and oxygen atoms in total. The Morgan fingerprint density at radius 1 is 1.62 bits per heavy atom. The lowest BCUT2D eigenvalue weighted by molar-refractivity contribution is -0.124. The number of hydrogen-bond acceptors (Lipinski definition) is 4. The monoisotopic (exact) mass is 201 g/mol. The van der Waals surface area contributed by atoms with Gasteiger partial charge >= 0.3 is 0 Å². The van der Waals surface area contributed by atoms with E-state index in [1.165, 1.54) is 18.7 Å². The van der Waals surface area contributed by atoms with Crippen LogP contribution in [0, 0.1) is 0 Å². The van der Waals surface area contributed by atoms with Crippen LogP contribution in [-0.2, 0) is 14.4 Å². The topological polar surface area (TPSA) is 63.2 Å². The van der Waals surface area contributed by atoms with Gasteiger partial charge in [-0.05, 0) is 6.92 Å². The number of imide groups is 1. The highest BCUT2D eigenvalue weighted by Crippen LogP contribution is 2.19. The van der Waals surface area contributed by atoms with Crippen LogP contribution in [-0.4, -0.2) is 28.6 Å². The van der Waals surface area contributed by atoms with Crippen molar-refractivity contribution in [1.82, 2.24) is 5.32 Å². The van der Waals surface area contributed by atoms with Crippen LogP contribution in [0.1, 0.15) is 19.8 Å². The van der Waals surface area contributed by atoms with Crippen LogP contribution in [0.15, 0.2) is 0 Å². The van der Waals surface area contributed by atoms with Crippen molar-refractivity contribution in [3.63, 3.8) is 0 Å². The molecule has 0 radical (unpaired) electrons. The third kappa shape index (κ3) is 3.18. The van der Waals surface area contributed by atoms with E-state index in [1.54, 1.807) is 0 Å². The quantitative estimate of drug-likeness (QED) is 0.656. The minimum atomic E-state index is -0.285. The molecular formula is C8H11NO3S. The van der Waals surface area contributed by atoms with E-state index in [1.807, 2.05) is 0 Å². The van der Waals surface area contributed by atoms with Crippen LogP contribution in [0.2, 0.25) is 0 Å². The summed E-state index contributed by atoms with van der Waals surface area (Å²) >= 11 is 1.37. The second-order valence-electron chi connectivity index (χ2n) is 2.93. The fraction of sp³-hybridized carbons (Fsp3) is 0.625. The Labute approximate surface area is 80.4 Å². The van der Waals surface area contributed by atoms with E-state index in [-0.39, 0.29) is 29.3 Å². The van der Waals surface area contributed by atoms with E-state index >= 15 is 0 Å². The molecule has 0 spiro atoms. The number of Topliss-reactive ketones (excluding diaryl/α,β-unsaturated/α-hetero) is 1. The van der Waals surface area contributed by atoms with Crippen LogP contribution in [0.4, 0.5) is 0 Å². The van der Waals surface area contributed by atoms with E-state index in [0.717, 1.165) is 0 Å². The first-order valence-corrected chi connectivity index (χ1v) is 5.09. The fourth-order valence-electron chi connectivity index (χ4n) is 1.01. The van der Waals surface area contributed by atoms with Gasteiger partial charge in [0.2, 0.25) is 11.8 Å². The molecule has 1 fully saturated rings. The molecule has 1 N–H and O–H groups in total. The van der Waals surface area contributed by atoms with Crippen molar-refractivity contribution in [3.8, 4) is 0 Å². The molecule has 1 atom stereocenters. The van der Waals surface area contributed by atoms with E-state index in [9.17, 15) is 14.4 Å². The summed E-state index contributed by atoms with van der Waals surface area (Å²) in [7, 11) is 0. The van der Waals surface area contributed by atoms with Gasteiger partial charge < -0.3 is 0 Å². The van der Waals surface area contributed by atoms with Gasteiger partial charge in [0.25, 0.3) is 0 Å². The van der Waals surface area contributed by atoms with Crippen molar-refractivity contribution in [2.45, 2.75) is 25.0 Å². The standard InChI is InChI=1S/C8H11NO3S/c1-5(10)2-3-13-6-4-7(11)9-8(6)12/h6H,2-4H2,1H3,(H,9,11,12). The first-order chi connectivity index (χ1) is 6.09. The van der Waals surface area contributed by atoms with Gasteiger partial charge in [0.15, 0.2) is 0 Å². The summed E-state index contributed by atoms with van der Waals surface area (Å²) in [6.45, 7) is 1.51. The highest BCUT2D eigenvalue weighted by Gasteiger charge is 2.30. The second kappa shape index (κ2) is 4.41. The molecule has 0 aromatic carbocycles. The second-order valence-corrected chi connectivity index (χ2v) is 4.24. The lowest BCUT2D eigenvalue weighted by Gasteiger charge is -2.03. The van der Waals surface area contributed by atoms with Crippen molar-refractivity contribution in [3.05, 3.63) is 0 Å². The summed E-state index contributed by atoms with van der Waals surface area (Å²) in [5.74, 6) is 0.279. The molecule has 1 aliphatic heterocycles. The van der Waals surface area contributed by atoms with E-state index in [2.05, 4.69) is 5.32 Å². The molecule has 1 rings (SSSR count).